The summed E-state index contributed by atoms with van der Waals surface area (Å²) in [7, 11) is 0. The van der Waals surface area contributed by atoms with Gasteiger partial charge in [0.25, 0.3) is 11.8 Å². The number of aromatic hydroxyl groups is 1. The monoisotopic (exact) mass is 522 g/mol. The summed E-state index contributed by atoms with van der Waals surface area (Å²) in [6, 6.07) is 7.99. The third-order valence-electron chi connectivity index (χ3n) is 6.75. The minimum absolute atomic E-state index is 0.0275. The van der Waals surface area contributed by atoms with E-state index in [2.05, 4.69) is 10.6 Å². The smallest absolute Gasteiger partial charge is 0.308 e. The van der Waals surface area contributed by atoms with Gasteiger partial charge in [-0.25, -0.2) is 0 Å². The Kier molecular flexibility index (Phi) is 7.38. The van der Waals surface area contributed by atoms with Crippen molar-refractivity contribution in [2.75, 3.05) is 22.9 Å². The van der Waals surface area contributed by atoms with Gasteiger partial charge in [-0.2, -0.15) is 0 Å². The van der Waals surface area contributed by atoms with Crippen LogP contribution in [0.25, 0.3) is 0 Å². The molecule has 3 N–H and O–H groups in total. The Morgan fingerprint density at radius 3 is 2.26 bits per heavy atom. The van der Waals surface area contributed by atoms with E-state index >= 15 is 0 Å². The highest BCUT2D eigenvalue weighted by molar-refractivity contribution is 6.10. The fourth-order valence-electron chi connectivity index (χ4n) is 4.73. The minimum Gasteiger partial charge on any atom is -0.507 e. The zero-order valence-corrected chi connectivity index (χ0v) is 21.6. The summed E-state index contributed by atoms with van der Waals surface area (Å²) in [5.41, 5.74) is 2.00. The first-order chi connectivity index (χ1) is 18.0. The van der Waals surface area contributed by atoms with E-state index in [0.717, 1.165) is 0 Å². The molecule has 4 amide bonds. The van der Waals surface area contributed by atoms with Crippen LogP contribution in [0.2, 0.25) is 0 Å². The van der Waals surface area contributed by atoms with Crippen molar-refractivity contribution < 1.29 is 33.8 Å². The molecule has 0 spiro atoms. The fourth-order valence-corrected chi connectivity index (χ4v) is 4.73. The van der Waals surface area contributed by atoms with Crippen LogP contribution in [0.4, 0.5) is 11.4 Å². The normalized spacial score (nSPS) is 20.9. The van der Waals surface area contributed by atoms with Crippen molar-refractivity contribution in [3.63, 3.8) is 0 Å². The largest absolute Gasteiger partial charge is 0.507 e. The van der Waals surface area contributed by atoms with E-state index in [9.17, 15) is 29.1 Å². The van der Waals surface area contributed by atoms with Crippen molar-refractivity contribution in [3.8, 4) is 5.75 Å². The predicted molar refractivity (Wildman–Crippen MR) is 138 cm³/mol. The van der Waals surface area contributed by atoms with Crippen molar-refractivity contribution in [1.29, 1.82) is 0 Å². The van der Waals surface area contributed by atoms with Crippen LogP contribution < -0.4 is 20.4 Å². The number of para-hydroxylation sites is 2. The van der Waals surface area contributed by atoms with Gasteiger partial charge in [0.2, 0.25) is 11.8 Å². The molecular weight excluding hydrogens is 492 g/mol. The molecule has 0 aliphatic carbocycles. The van der Waals surface area contributed by atoms with Crippen molar-refractivity contribution in [1.82, 2.24) is 10.6 Å². The highest BCUT2D eigenvalue weighted by Crippen LogP contribution is 2.33. The highest BCUT2D eigenvalue weighted by Gasteiger charge is 2.38. The van der Waals surface area contributed by atoms with Crippen molar-refractivity contribution in [2.24, 2.45) is 0 Å². The van der Waals surface area contributed by atoms with E-state index in [4.69, 9.17) is 4.74 Å². The molecule has 2 aromatic carbocycles. The van der Waals surface area contributed by atoms with E-state index in [1.807, 2.05) is 0 Å². The fraction of sp³-hybridized carbons (Fsp3) is 0.370. The Labute approximate surface area is 219 Å². The van der Waals surface area contributed by atoms with Gasteiger partial charge in [-0.05, 0) is 56.2 Å². The first kappa shape index (κ1) is 26.6. The van der Waals surface area contributed by atoms with Gasteiger partial charge in [-0.1, -0.05) is 12.1 Å². The Balaban J connectivity index is 1.64. The molecule has 1 unspecified atom stereocenters. The molecule has 0 bridgehead atoms. The van der Waals surface area contributed by atoms with Gasteiger partial charge >= 0.3 is 5.97 Å². The number of nitrogens with one attached hydrogen (secondary N) is 2. The molecule has 0 aromatic heterocycles. The summed E-state index contributed by atoms with van der Waals surface area (Å²) in [5.74, 6) is -2.35. The average molecular weight is 523 g/mol. The van der Waals surface area contributed by atoms with Crippen LogP contribution in [-0.2, 0) is 23.9 Å². The Hall–Kier alpha value is -4.41. The number of nitrogens with zero attached hydrogens (tertiary/aromatic N) is 2. The zero-order valence-electron chi connectivity index (χ0n) is 21.6. The van der Waals surface area contributed by atoms with Crippen LogP contribution in [0.5, 0.6) is 5.75 Å². The lowest BCUT2D eigenvalue weighted by molar-refractivity contribution is -0.141. The van der Waals surface area contributed by atoms with E-state index in [-0.39, 0.29) is 30.2 Å². The van der Waals surface area contributed by atoms with Gasteiger partial charge < -0.3 is 25.4 Å². The summed E-state index contributed by atoms with van der Waals surface area (Å²) >= 11 is 0. The third kappa shape index (κ3) is 5.31. The van der Waals surface area contributed by atoms with Crippen LogP contribution in [-0.4, -0.2) is 66.0 Å². The van der Waals surface area contributed by atoms with E-state index in [1.165, 1.54) is 28.9 Å². The van der Waals surface area contributed by atoms with Crippen LogP contribution in [0.15, 0.2) is 36.4 Å². The number of fused-ring (bicyclic) bond motifs is 1. The van der Waals surface area contributed by atoms with Crippen molar-refractivity contribution >= 4 is 41.0 Å². The zero-order chi connectivity index (χ0) is 27.7. The van der Waals surface area contributed by atoms with Crippen LogP contribution in [0.1, 0.15) is 41.8 Å². The van der Waals surface area contributed by atoms with Gasteiger partial charge in [-0.15, -0.1) is 0 Å². The maximum atomic E-state index is 13.8. The highest BCUT2D eigenvalue weighted by atomic mass is 16.6. The number of benzene rings is 2. The van der Waals surface area contributed by atoms with Gasteiger partial charge in [-0.3, -0.25) is 28.9 Å². The number of hydrogen-bond acceptors (Lipinski definition) is 7. The number of hydrogen-bond donors (Lipinski definition) is 3. The summed E-state index contributed by atoms with van der Waals surface area (Å²) in [5, 5.41) is 15.5. The number of aryl methyl sites for hydroxylation is 2. The molecule has 2 aromatic rings. The molecule has 11 nitrogen and oxygen atoms in total. The molecule has 200 valence electrons. The number of amides is 4. The molecule has 1 fully saturated rings. The SMILES string of the molecule is CC(=O)N1C[C@H](NC(=O)c2cc(C)c(O)c(C)c2)C(=O)N(CC(=O)N[C@H]2CC(=O)OC2C)c2ccccc21. The maximum absolute atomic E-state index is 13.8. The topological polar surface area (TPSA) is 145 Å². The van der Waals surface area contributed by atoms with Crippen molar-refractivity contribution in [2.45, 2.75) is 52.3 Å². The number of rotatable bonds is 5. The number of anilines is 2. The second kappa shape index (κ2) is 10.5. The summed E-state index contributed by atoms with van der Waals surface area (Å²) in [4.78, 5) is 66.8. The number of carbonyl (C=O) groups excluding carboxylic acids is 5. The summed E-state index contributed by atoms with van der Waals surface area (Å²) in [6.07, 6.45) is -0.476. The molecule has 1 saturated heterocycles. The minimum atomic E-state index is -1.17. The lowest BCUT2D eigenvalue weighted by Crippen LogP contribution is -2.54. The Bertz CT molecular complexity index is 1300. The molecule has 0 radical (unpaired) electrons. The molecule has 3 atom stereocenters. The number of esters is 1. The predicted octanol–water partition coefficient (Wildman–Crippen LogP) is 1.33. The van der Waals surface area contributed by atoms with Gasteiger partial charge in [0.1, 0.15) is 24.4 Å². The van der Waals surface area contributed by atoms with E-state index < -0.39 is 48.4 Å². The lowest BCUT2D eigenvalue weighted by Gasteiger charge is -2.26. The van der Waals surface area contributed by atoms with Crippen LogP contribution in [0, 0.1) is 13.8 Å². The summed E-state index contributed by atoms with van der Waals surface area (Å²) in [6.45, 7) is 5.80. The number of phenolic OH excluding ortho intramolecular Hbond substituents is 1. The van der Waals surface area contributed by atoms with Crippen molar-refractivity contribution in [3.05, 3.63) is 53.1 Å². The molecule has 0 saturated carbocycles. The molecular formula is C27H30N4O7. The lowest BCUT2D eigenvalue weighted by atomic mass is 10.0. The number of carbonyl (C=O) groups is 5. The molecule has 38 heavy (non-hydrogen) atoms. The third-order valence-corrected chi connectivity index (χ3v) is 6.75. The summed E-state index contributed by atoms with van der Waals surface area (Å²) < 4.78 is 5.09. The van der Waals surface area contributed by atoms with E-state index in [0.29, 0.717) is 22.5 Å². The number of ether oxygens (including phenoxy) is 1. The van der Waals surface area contributed by atoms with Gasteiger partial charge in [0, 0.05) is 12.5 Å². The first-order valence-electron chi connectivity index (χ1n) is 12.2. The molecule has 2 heterocycles. The van der Waals surface area contributed by atoms with Gasteiger partial charge in [0.15, 0.2) is 0 Å². The van der Waals surface area contributed by atoms with Crippen LogP contribution >= 0.6 is 0 Å². The Morgan fingerprint density at radius 2 is 1.68 bits per heavy atom. The molecule has 4 rings (SSSR count). The standard InChI is InChI=1S/C27H30N4O7/c1-14-9-18(10-15(2)25(14)35)26(36)29-20-12-30(17(4)32)21-7-5-6-8-22(21)31(27(20)37)13-23(33)28-19-11-24(34)38-16(19)3/h5-10,16,19-20,35H,11-13H2,1-4H3,(H,28,33)(H,29,36)/t16?,19-,20-/m0/s1. The molecule has 11 heteroatoms. The second-order valence-corrected chi connectivity index (χ2v) is 9.60. The van der Waals surface area contributed by atoms with E-state index in [1.54, 1.807) is 45.0 Å². The van der Waals surface area contributed by atoms with Crippen LogP contribution in [0.3, 0.4) is 0 Å². The quantitative estimate of drug-likeness (QED) is 0.502. The number of phenols is 1. The number of cyclic esters (lactones) is 1. The molecule has 2 aliphatic heterocycles. The average Bonchev–Trinajstić information content (AvgIpc) is 3.12. The maximum Gasteiger partial charge on any atom is 0.308 e. The first-order valence-corrected chi connectivity index (χ1v) is 12.2. The van der Waals surface area contributed by atoms with Gasteiger partial charge in [0.05, 0.1) is 30.4 Å². The Morgan fingerprint density at radius 1 is 1.05 bits per heavy atom. The second-order valence-electron chi connectivity index (χ2n) is 9.60. The molecule has 2 aliphatic rings.